The maximum Gasteiger partial charge on any atom is 0.472 e. The fourth-order valence-corrected chi connectivity index (χ4v) is 8.57. The summed E-state index contributed by atoms with van der Waals surface area (Å²) < 4.78 is 39.5. The van der Waals surface area contributed by atoms with Gasteiger partial charge in [-0.1, -0.05) is 202 Å². The average Bonchev–Trinajstić information content (AvgIpc) is 3.39. The minimum atomic E-state index is -4.76. The summed E-state index contributed by atoms with van der Waals surface area (Å²) in [6.45, 7) is 4.46. The van der Waals surface area contributed by atoms with Gasteiger partial charge >= 0.3 is 25.7 Å². The number of ether oxygens (including phenoxy) is 3. The van der Waals surface area contributed by atoms with Crippen LogP contribution in [0, 0.1) is 0 Å². The molecule has 3 atom stereocenters. The molecule has 0 aliphatic rings. The van der Waals surface area contributed by atoms with Gasteiger partial charge in [-0.3, -0.25) is 23.4 Å². The first-order chi connectivity index (χ1) is 36.2. The third-order valence-electron chi connectivity index (χ3n) is 12.3. The van der Waals surface area contributed by atoms with Crippen molar-refractivity contribution in [2.45, 2.75) is 264 Å². The molecule has 0 aromatic heterocycles. The molecule has 0 aromatic carbocycles. The highest BCUT2D eigenvalue weighted by atomic mass is 31.2. The van der Waals surface area contributed by atoms with Gasteiger partial charge in [0.1, 0.15) is 12.7 Å². The number of aliphatic hydroxyl groups is 1. The van der Waals surface area contributed by atoms with Crippen LogP contribution < -0.4 is 0 Å². The van der Waals surface area contributed by atoms with Gasteiger partial charge in [0.25, 0.3) is 0 Å². The largest absolute Gasteiger partial charge is 0.472 e. The van der Waals surface area contributed by atoms with Crippen molar-refractivity contribution in [3.05, 3.63) is 85.1 Å². The van der Waals surface area contributed by atoms with Crippen molar-refractivity contribution in [2.75, 3.05) is 26.4 Å². The van der Waals surface area contributed by atoms with Gasteiger partial charge < -0.3 is 24.2 Å². The standard InChI is InChI=1S/C62H107O11P/c1-4-7-10-13-16-19-22-25-28-29-32-33-36-39-42-45-48-51-60(64)69-55-59(73-62(66)53-50-47-44-41-38-35-31-27-24-21-18-15-12-9-6-3)57-71-74(67,68)70-56-58(54-63)72-61(65)52-49-46-43-40-37-34-30-26-23-20-17-14-11-8-5-2/h7,10,16,18-19,21,25-28,30-33,58-59,63H,4-6,8-9,11-15,17,20,22-24,29,34-57H2,1-3H3,(H,67,68)/b10-7-,19-16-,21-18-,28-25-,30-26-,31-27-,33-32-. The van der Waals surface area contributed by atoms with Crippen molar-refractivity contribution < 1.29 is 52.2 Å². The Labute approximate surface area is 451 Å². The number of allylic oxidation sites excluding steroid dienone is 14. The molecule has 0 aliphatic heterocycles. The summed E-state index contributed by atoms with van der Waals surface area (Å²) in [5, 5.41) is 9.82. The lowest BCUT2D eigenvalue weighted by molar-refractivity contribution is -0.161. The molecular weight excluding hydrogens is 952 g/mol. The lowest BCUT2D eigenvalue weighted by Gasteiger charge is -2.21. The van der Waals surface area contributed by atoms with Gasteiger partial charge in [-0.2, -0.15) is 0 Å². The monoisotopic (exact) mass is 1060 g/mol. The molecule has 0 aromatic rings. The fraction of sp³-hybridized carbons (Fsp3) is 0.726. The molecule has 426 valence electrons. The number of carbonyl (C=O) groups excluding carboxylic acids is 3. The zero-order chi connectivity index (χ0) is 54.1. The lowest BCUT2D eigenvalue weighted by Crippen LogP contribution is -2.30. The van der Waals surface area contributed by atoms with Crippen LogP contribution in [0.2, 0.25) is 0 Å². The number of hydrogen-bond acceptors (Lipinski definition) is 10. The number of phosphoric acid groups is 1. The molecule has 0 radical (unpaired) electrons. The Bertz CT molecular complexity index is 1560. The number of carbonyl (C=O) groups is 3. The molecule has 0 saturated heterocycles. The van der Waals surface area contributed by atoms with Gasteiger partial charge in [0, 0.05) is 19.3 Å². The van der Waals surface area contributed by atoms with Crippen molar-refractivity contribution in [2.24, 2.45) is 0 Å². The van der Waals surface area contributed by atoms with Gasteiger partial charge in [0.05, 0.1) is 19.8 Å². The van der Waals surface area contributed by atoms with Crippen LogP contribution >= 0.6 is 7.82 Å². The van der Waals surface area contributed by atoms with Crippen LogP contribution in [0.3, 0.4) is 0 Å². The number of phosphoric ester groups is 1. The van der Waals surface area contributed by atoms with Crippen molar-refractivity contribution in [1.82, 2.24) is 0 Å². The topological polar surface area (TPSA) is 155 Å². The molecule has 74 heavy (non-hydrogen) atoms. The van der Waals surface area contributed by atoms with E-state index in [9.17, 15) is 28.9 Å². The predicted molar refractivity (Wildman–Crippen MR) is 307 cm³/mol. The van der Waals surface area contributed by atoms with Crippen LogP contribution in [0.15, 0.2) is 85.1 Å². The molecule has 12 heteroatoms. The molecule has 0 bridgehead atoms. The minimum absolute atomic E-state index is 0.143. The van der Waals surface area contributed by atoms with Gasteiger partial charge in [0.15, 0.2) is 6.10 Å². The van der Waals surface area contributed by atoms with E-state index in [1.165, 1.54) is 57.8 Å². The molecule has 3 unspecified atom stereocenters. The Morgan fingerprint density at radius 1 is 0.392 bits per heavy atom. The maximum atomic E-state index is 12.9. The van der Waals surface area contributed by atoms with Crippen LogP contribution in [0.1, 0.15) is 252 Å². The van der Waals surface area contributed by atoms with Gasteiger partial charge in [-0.25, -0.2) is 4.57 Å². The Morgan fingerprint density at radius 3 is 1.12 bits per heavy atom. The number of unbranched alkanes of at least 4 members (excludes halogenated alkanes) is 23. The maximum absolute atomic E-state index is 12.9. The van der Waals surface area contributed by atoms with E-state index in [-0.39, 0.29) is 25.9 Å². The first-order valence-corrected chi connectivity index (χ1v) is 31.0. The Kier molecular flexibility index (Phi) is 53.4. The molecule has 0 rings (SSSR count). The molecule has 0 aliphatic carbocycles. The first kappa shape index (κ1) is 70.7. The van der Waals surface area contributed by atoms with E-state index in [0.717, 1.165) is 135 Å². The van der Waals surface area contributed by atoms with Gasteiger partial charge in [-0.15, -0.1) is 0 Å². The van der Waals surface area contributed by atoms with Crippen LogP contribution in [-0.2, 0) is 42.2 Å². The summed E-state index contributed by atoms with van der Waals surface area (Å²) in [5.41, 5.74) is 0. The van der Waals surface area contributed by atoms with E-state index < -0.39 is 57.8 Å². The molecule has 2 N–H and O–H groups in total. The zero-order valence-corrected chi connectivity index (χ0v) is 47.9. The summed E-state index contributed by atoms with van der Waals surface area (Å²) in [6.07, 6.45) is 63.9. The van der Waals surface area contributed by atoms with Crippen molar-refractivity contribution in [1.29, 1.82) is 0 Å². The van der Waals surface area contributed by atoms with E-state index in [0.29, 0.717) is 19.3 Å². The van der Waals surface area contributed by atoms with Crippen molar-refractivity contribution in [3.63, 3.8) is 0 Å². The third kappa shape index (κ3) is 53.5. The van der Waals surface area contributed by atoms with E-state index in [2.05, 4.69) is 106 Å². The molecule has 0 fully saturated rings. The molecule has 0 spiro atoms. The molecule has 11 nitrogen and oxygen atoms in total. The second kappa shape index (κ2) is 55.9. The highest BCUT2D eigenvalue weighted by molar-refractivity contribution is 7.47. The van der Waals surface area contributed by atoms with Crippen LogP contribution in [-0.4, -0.2) is 66.5 Å². The first-order valence-electron chi connectivity index (χ1n) is 29.5. The normalized spacial score (nSPS) is 14.0. The summed E-state index contributed by atoms with van der Waals surface area (Å²) in [4.78, 5) is 48.6. The number of hydrogen-bond donors (Lipinski definition) is 2. The summed E-state index contributed by atoms with van der Waals surface area (Å²) in [5.74, 6) is -1.52. The lowest BCUT2D eigenvalue weighted by atomic mass is 10.1. The smallest absolute Gasteiger partial charge is 0.462 e. The van der Waals surface area contributed by atoms with Crippen molar-refractivity contribution in [3.8, 4) is 0 Å². The summed E-state index contributed by atoms with van der Waals surface area (Å²) in [6, 6.07) is 0. The highest BCUT2D eigenvalue weighted by Gasteiger charge is 2.28. The van der Waals surface area contributed by atoms with Crippen molar-refractivity contribution >= 4 is 25.7 Å². The van der Waals surface area contributed by atoms with Crippen LogP contribution in [0.25, 0.3) is 0 Å². The Morgan fingerprint density at radius 2 is 0.703 bits per heavy atom. The summed E-state index contributed by atoms with van der Waals surface area (Å²) >= 11 is 0. The molecule has 0 heterocycles. The molecule has 0 amide bonds. The number of esters is 3. The van der Waals surface area contributed by atoms with Crippen LogP contribution in [0.5, 0.6) is 0 Å². The predicted octanol–water partition coefficient (Wildman–Crippen LogP) is 17.5. The third-order valence-corrected chi connectivity index (χ3v) is 13.2. The van der Waals surface area contributed by atoms with Gasteiger partial charge in [-0.05, 0) is 116 Å². The second-order valence-electron chi connectivity index (χ2n) is 19.4. The Hall–Kier alpha value is -3.34. The molecular formula is C62H107O11P. The quantitative estimate of drug-likeness (QED) is 0.0197. The second-order valence-corrected chi connectivity index (χ2v) is 20.9. The van der Waals surface area contributed by atoms with E-state index in [1.54, 1.807) is 0 Å². The zero-order valence-electron chi connectivity index (χ0n) is 47.0. The minimum Gasteiger partial charge on any atom is -0.462 e. The van der Waals surface area contributed by atoms with Crippen LogP contribution in [0.4, 0.5) is 0 Å². The average molecular weight is 1060 g/mol. The Balaban J connectivity index is 4.78. The fourth-order valence-electron chi connectivity index (χ4n) is 7.78. The number of rotatable bonds is 54. The van der Waals surface area contributed by atoms with E-state index in [4.69, 9.17) is 23.3 Å². The highest BCUT2D eigenvalue weighted by Crippen LogP contribution is 2.43. The van der Waals surface area contributed by atoms with Gasteiger partial charge in [0.2, 0.25) is 0 Å². The van der Waals surface area contributed by atoms with E-state index >= 15 is 0 Å². The SMILES string of the molecule is CC/C=C\C/C=C\C/C=C\C/C=C\CCCCCCC(=O)OCC(COP(=O)(O)OCC(CO)OC(=O)CCCCCCC/C=C\CCCCCCCC)OC(=O)CCCCCCC/C=C\C/C=C\CCCCC. The van der Waals surface area contributed by atoms with E-state index in [1.807, 2.05) is 0 Å². The summed E-state index contributed by atoms with van der Waals surface area (Å²) in [7, 11) is -4.76. The number of aliphatic hydroxyl groups excluding tert-OH is 1. The molecule has 0 saturated carbocycles.